The van der Waals surface area contributed by atoms with E-state index in [1.54, 1.807) is 6.92 Å². The molecule has 1 aromatic carbocycles. The Balaban J connectivity index is 1.71. The molecule has 1 saturated heterocycles. The van der Waals surface area contributed by atoms with Gasteiger partial charge in [0.25, 0.3) is 0 Å². The number of carbonyl (C=O) groups excluding carboxylic acids is 1. The standard InChI is InChI=1S/C20H28N4O2/c1-4-20-22-19(23-26-20)13-21-17-6-5-11-24(15(3)25)18(17)12-16-9-7-14(2)8-10-16/h7-10,17-18,21H,4-6,11-13H2,1-3H3/t17-,18-/m0/s1. The Hall–Kier alpha value is -2.21. The number of aryl methyl sites for hydroxylation is 2. The minimum atomic E-state index is 0.140. The van der Waals surface area contributed by atoms with Crippen molar-refractivity contribution in [1.82, 2.24) is 20.4 Å². The predicted molar refractivity (Wildman–Crippen MR) is 99.6 cm³/mol. The first-order valence-electron chi connectivity index (χ1n) is 9.44. The van der Waals surface area contributed by atoms with Crippen LogP contribution in [0.4, 0.5) is 0 Å². The molecule has 1 aromatic heterocycles. The zero-order valence-corrected chi connectivity index (χ0v) is 15.9. The Morgan fingerprint density at radius 2 is 2.12 bits per heavy atom. The zero-order chi connectivity index (χ0) is 18.5. The number of nitrogens with one attached hydrogen (secondary N) is 1. The fourth-order valence-electron chi connectivity index (χ4n) is 3.63. The van der Waals surface area contributed by atoms with E-state index >= 15 is 0 Å². The fourth-order valence-corrected chi connectivity index (χ4v) is 3.63. The van der Waals surface area contributed by atoms with Crippen LogP contribution in [-0.4, -0.2) is 39.6 Å². The number of benzene rings is 1. The lowest BCUT2D eigenvalue weighted by Gasteiger charge is -2.41. The summed E-state index contributed by atoms with van der Waals surface area (Å²) < 4.78 is 5.18. The molecule has 140 valence electrons. The van der Waals surface area contributed by atoms with Gasteiger partial charge in [-0.15, -0.1) is 0 Å². The maximum absolute atomic E-state index is 12.2. The summed E-state index contributed by atoms with van der Waals surface area (Å²) in [6, 6.07) is 8.94. The van der Waals surface area contributed by atoms with Crippen molar-refractivity contribution in [2.75, 3.05) is 6.54 Å². The van der Waals surface area contributed by atoms with E-state index in [0.717, 1.165) is 32.2 Å². The summed E-state index contributed by atoms with van der Waals surface area (Å²) in [6.07, 6.45) is 3.64. The Bertz CT molecular complexity index is 726. The van der Waals surface area contributed by atoms with Crippen LogP contribution in [0.15, 0.2) is 28.8 Å². The Morgan fingerprint density at radius 3 is 2.77 bits per heavy atom. The third-order valence-corrected chi connectivity index (χ3v) is 5.08. The summed E-state index contributed by atoms with van der Waals surface area (Å²) in [5.41, 5.74) is 2.51. The second-order valence-electron chi connectivity index (χ2n) is 7.06. The van der Waals surface area contributed by atoms with E-state index in [0.29, 0.717) is 18.3 Å². The predicted octanol–water partition coefficient (Wildman–Crippen LogP) is 2.65. The summed E-state index contributed by atoms with van der Waals surface area (Å²) in [5, 5.41) is 7.58. The van der Waals surface area contributed by atoms with Crippen molar-refractivity contribution >= 4 is 5.91 Å². The zero-order valence-electron chi connectivity index (χ0n) is 15.9. The molecule has 1 fully saturated rings. The van der Waals surface area contributed by atoms with Gasteiger partial charge in [0.1, 0.15) is 0 Å². The van der Waals surface area contributed by atoms with Crippen LogP contribution >= 0.6 is 0 Å². The Labute approximate surface area is 155 Å². The molecule has 1 aliphatic heterocycles. The van der Waals surface area contributed by atoms with Crippen LogP contribution in [0.5, 0.6) is 0 Å². The number of piperidine rings is 1. The average molecular weight is 356 g/mol. The topological polar surface area (TPSA) is 71.3 Å². The molecular formula is C20H28N4O2. The maximum atomic E-state index is 12.2. The van der Waals surface area contributed by atoms with Gasteiger partial charge in [0.2, 0.25) is 11.8 Å². The van der Waals surface area contributed by atoms with Gasteiger partial charge in [-0.2, -0.15) is 4.98 Å². The van der Waals surface area contributed by atoms with E-state index < -0.39 is 0 Å². The largest absolute Gasteiger partial charge is 0.339 e. The molecule has 2 heterocycles. The van der Waals surface area contributed by atoms with Crippen LogP contribution in [0, 0.1) is 6.92 Å². The smallest absolute Gasteiger partial charge is 0.226 e. The highest BCUT2D eigenvalue weighted by Crippen LogP contribution is 2.22. The molecule has 0 saturated carbocycles. The van der Waals surface area contributed by atoms with Gasteiger partial charge in [0.15, 0.2) is 5.82 Å². The van der Waals surface area contributed by atoms with E-state index in [9.17, 15) is 4.79 Å². The summed E-state index contributed by atoms with van der Waals surface area (Å²) in [5.74, 6) is 1.48. The van der Waals surface area contributed by atoms with Crippen LogP contribution in [-0.2, 0) is 24.2 Å². The number of carbonyl (C=O) groups is 1. The van der Waals surface area contributed by atoms with Gasteiger partial charge in [-0.05, 0) is 31.7 Å². The highest BCUT2D eigenvalue weighted by molar-refractivity contribution is 5.73. The first kappa shape index (κ1) is 18.6. The van der Waals surface area contributed by atoms with Crippen LogP contribution in [0.2, 0.25) is 0 Å². The van der Waals surface area contributed by atoms with Gasteiger partial charge < -0.3 is 14.7 Å². The molecule has 26 heavy (non-hydrogen) atoms. The summed E-state index contributed by atoms with van der Waals surface area (Å²) in [4.78, 5) is 18.5. The van der Waals surface area contributed by atoms with E-state index in [4.69, 9.17) is 4.52 Å². The third-order valence-electron chi connectivity index (χ3n) is 5.08. The molecular weight excluding hydrogens is 328 g/mol. The van der Waals surface area contributed by atoms with E-state index in [2.05, 4.69) is 46.6 Å². The summed E-state index contributed by atoms with van der Waals surface area (Å²) in [7, 11) is 0. The summed E-state index contributed by atoms with van der Waals surface area (Å²) in [6.45, 7) is 7.13. The van der Waals surface area contributed by atoms with E-state index in [1.165, 1.54) is 11.1 Å². The minimum absolute atomic E-state index is 0.140. The second-order valence-corrected chi connectivity index (χ2v) is 7.06. The van der Waals surface area contributed by atoms with Gasteiger partial charge >= 0.3 is 0 Å². The average Bonchev–Trinajstić information content (AvgIpc) is 3.10. The lowest BCUT2D eigenvalue weighted by Crippen LogP contribution is -2.56. The van der Waals surface area contributed by atoms with E-state index in [-0.39, 0.29) is 18.0 Å². The maximum Gasteiger partial charge on any atom is 0.226 e. The van der Waals surface area contributed by atoms with Crippen molar-refractivity contribution in [2.45, 2.75) is 65.1 Å². The van der Waals surface area contributed by atoms with Crippen molar-refractivity contribution in [3.8, 4) is 0 Å². The number of likely N-dealkylation sites (tertiary alicyclic amines) is 1. The van der Waals surface area contributed by atoms with Crippen molar-refractivity contribution < 1.29 is 9.32 Å². The molecule has 0 aliphatic carbocycles. The van der Waals surface area contributed by atoms with Crippen molar-refractivity contribution in [2.24, 2.45) is 0 Å². The van der Waals surface area contributed by atoms with Crippen LogP contribution < -0.4 is 5.32 Å². The first-order valence-corrected chi connectivity index (χ1v) is 9.44. The van der Waals surface area contributed by atoms with Crippen molar-refractivity contribution in [1.29, 1.82) is 0 Å². The van der Waals surface area contributed by atoms with Crippen LogP contribution in [0.1, 0.15) is 49.5 Å². The number of amides is 1. The molecule has 6 nitrogen and oxygen atoms in total. The monoisotopic (exact) mass is 356 g/mol. The third kappa shape index (κ3) is 4.49. The SMILES string of the molecule is CCc1nc(CN[C@H]2CCCN(C(C)=O)[C@H]2Cc2ccc(C)cc2)no1. The van der Waals surface area contributed by atoms with Gasteiger partial charge in [0.05, 0.1) is 12.6 Å². The van der Waals surface area contributed by atoms with Gasteiger partial charge in [0, 0.05) is 25.9 Å². The number of aromatic nitrogens is 2. The normalized spacial score (nSPS) is 20.3. The van der Waals surface area contributed by atoms with Gasteiger partial charge in [-0.1, -0.05) is 41.9 Å². The molecule has 2 aromatic rings. The number of hydrogen-bond donors (Lipinski definition) is 1. The molecule has 0 bridgehead atoms. The van der Waals surface area contributed by atoms with Crippen LogP contribution in [0.3, 0.4) is 0 Å². The Kier molecular flexibility index (Phi) is 6.04. The molecule has 3 rings (SSSR count). The van der Waals surface area contributed by atoms with Crippen molar-refractivity contribution in [3.05, 3.63) is 47.1 Å². The summed E-state index contributed by atoms with van der Waals surface area (Å²) >= 11 is 0. The molecule has 1 N–H and O–H groups in total. The highest BCUT2D eigenvalue weighted by Gasteiger charge is 2.32. The molecule has 0 unspecified atom stereocenters. The molecule has 6 heteroatoms. The van der Waals surface area contributed by atoms with Gasteiger partial charge in [-0.3, -0.25) is 4.79 Å². The fraction of sp³-hybridized carbons (Fsp3) is 0.550. The molecule has 0 spiro atoms. The quantitative estimate of drug-likeness (QED) is 0.861. The number of hydrogen-bond acceptors (Lipinski definition) is 5. The van der Waals surface area contributed by atoms with Crippen molar-refractivity contribution in [3.63, 3.8) is 0 Å². The van der Waals surface area contributed by atoms with Crippen LogP contribution in [0.25, 0.3) is 0 Å². The number of rotatable bonds is 6. The van der Waals surface area contributed by atoms with Gasteiger partial charge in [-0.25, -0.2) is 0 Å². The molecule has 0 radical (unpaired) electrons. The lowest BCUT2D eigenvalue weighted by molar-refractivity contribution is -0.133. The van der Waals surface area contributed by atoms with E-state index in [1.807, 2.05) is 11.8 Å². The Morgan fingerprint density at radius 1 is 1.35 bits per heavy atom. The number of nitrogens with zero attached hydrogens (tertiary/aromatic N) is 3. The second kappa shape index (κ2) is 8.45. The first-order chi connectivity index (χ1) is 12.6. The molecule has 1 amide bonds. The minimum Gasteiger partial charge on any atom is -0.339 e. The molecule has 1 aliphatic rings. The molecule has 2 atom stereocenters. The lowest BCUT2D eigenvalue weighted by atomic mass is 9.90. The highest BCUT2D eigenvalue weighted by atomic mass is 16.5.